The summed E-state index contributed by atoms with van der Waals surface area (Å²) in [5, 5.41) is 27.7. The summed E-state index contributed by atoms with van der Waals surface area (Å²) >= 11 is 0. The molecular weight excluding hydrogens is 318 g/mol. The molecule has 25 heavy (non-hydrogen) atoms. The smallest absolute Gasteiger partial charge is 0.224 e. The highest BCUT2D eigenvalue weighted by atomic mass is 16.3. The lowest BCUT2D eigenvalue weighted by atomic mass is 9.93. The van der Waals surface area contributed by atoms with Crippen LogP contribution in [-0.4, -0.2) is 42.1 Å². The van der Waals surface area contributed by atoms with E-state index in [1.54, 1.807) is 17.1 Å². The molecule has 0 atom stereocenters. The van der Waals surface area contributed by atoms with Crippen molar-refractivity contribution in [1.82, 2.24) is 19.7 Å². The highest BCUT2D eigenvalue weighted by molar-refractivity contribution is 5.80. The summed E-state index contributed by atoms with van der Waals surface area (Å²) in [5.74, 6) is 1.25. The van der Waals surface area contributed by atoms with E-state index < -0.39 is 0 Å². The lowest BCUT2D eigenvalue weighted by Crippen LogP contribution is -2.29. The first-order chi connectivity index (χ1) is 12.2. The van der Waals surface area contributed by atoms with Gasteiger partial charge in [0.2, 0.25) is 5.95 Å². The number of nitrogens with one attached hydrogen (secondary N) is 1. The zero-order chi connectivity index (χ0) is 17.2. The fourth-order valence-corrected chi connectivity index (χ4v) is 3.28. The Morgan fingerprint density at radius 3 is 2.80 bits per heavy atom. The van der Waals surface area contributed by atoms with Crippen molar-refractivity contribution in [2.24, 2.45) is 0 Å². The largest absolute Gasteiger partial charge is 0.393 e. The van der Waals surface area contributed by atoms with Crippen LogP contribution in [0.5, 0.6) is 0 Å². The zero-order valence-electron chi connectivity index (χ0n) is 13.8. The second-order valence-corrected chi connectivity index (χ2v) is 6.50. The summed E-state index contributed by atoms with van der Waals surface area (Å²) in [4.78, 5) is 8.90. The molecule has 4 rings (SSSR count). The number of nitrogens with zero attached hydrogens (tertiary/aromatic N) is 4. The highest BCUT2D eigenvalue weighted by Crippen LogP contribution is 2.22. The van der Waals surface area contributed by atoms with E-state index in [1.807, 2.05) is 24.3 Å². The van der Waals surface area contributed by atoms with E-state index in [0.717, 1.165) is 42.1 Å². The van der Waals surface area contributed by atoms with Crippen LogP contribution in [0.25, 0.3) is 16.7 Å². The van der Waals surface area contributed by atoms with Crippen molar-refractivity contribution < 1.29 is 10.2 Å². The fraction of sp³-hybridized carbons (Fsp3) is 0.389. The molecule has 1 aliphatic rings. The van der Waals surface area contributed by atoms with E-state index in [1.165, 1.54) is 0 Å². The summed E-state index contributed by atoms with van der Waals surface area (Å²) in [5.41, 5.74) is 1.74. The number of hydrogen-bond donors (Lipinski definition) is 3. The van der Waals surface area contributed by atoms with E-state index in [9.17, 15) is 10.2 Å². The first-order valence-electron chi connectivity index (χ1n) is 8.58. The van der Waals surface area contributed by atoms with Gasteiger partial charge in [0, 0.05) is 23.7 Å². The predicted octanol–water partition coefficient (Wildman–Crippen LogP) is 2.02. The zero-order valence-corrected chi connectivity index (χ0v) is 13.8. The molecule has 3 aromatic rings. The quantitative estimate of drug-likeness (QED) is 0.673. The van der Waals surface area contributed by atoms with Gasteiger partial charge in [0.1, 0.15) is 0 Å². The Morgan fingerprint density at radius 2 is 2.00 bits per heavy atom. The Labute approximate surface area is 145 Å². The molecule has 1 saturated carbocycles. The number of hydrogen-bond acceptors (Lipinski definition) is 6. The molecule has 0 amide bonds. The number of benzene rings is 1. The van der Waals surface area contributed by atoms with Crippen molar-refractivity contribution in [3.8, 4) is 5.82 Å². The van der Waals surface area contributed by atoms with Gasteiger partial charge in [0.05, 0.1) is 24.4 Å². The standard InChI is InChI=1S/C18H21N5O2/c24-11-12-1-2-13-10-20-23(16(13)9-12)17-7-8-19-18(22-17)21-14-3-5-15(25)6-4-14/h1-2,7-10,14-15,24-25H,3-6,11H2,(H,19,21,22)/t14-,15-. The van der Waals surface area contributed by atoms with Crippen LogP contribution in [0.2, 0.25) is 0 Å². The molecule has 3 N–H and O–H groups in total. The molecule has 0 radical (unpaired) electrons. The average molecular weight is 339 g/mol. The Balaban J connectivity index is 1.61. The van der Waals surface area contributed by atoms with Gasteiger partial charge in [-0.15, -0.1) is 0 Å². The Kier molecular flexibility index (Phi) is 4.33. The number of fused-ring (bicyclic) bond motifs is 1. The summed E-state index contributed by atoms with van der Waals surface area (Å²) in [6.07, 6.45) is 6.77. The number of aliphatic hydroxyl groups excluding tert-OH is 2. The number of aromatic nitrogens is 4. The van der Waals surface area contributed by atoms with Gasteiger partial charge in [-0.1, -0.05) is 12.1 Å². The minimum absolute atomic E-state index is 0.00870. The second-order valence-electron chi connectivity index (χ2n) is 6.50. The van der Waals surface area contributed by atoms with Crippen molar-refractivity contribution in [2.45, 2.75) is 44.4 Å². The summed E-state index contributed by atoms with van der Waals surface area (Å²) in [7, 11) is 0. The summed E-state index contributed by atoms with van der Waals surface area (Å²) in [6, 6.07) is 7.85. The molecule has 0 saturated heterocycles. The predicted molar refractivity (Wildman–Crippen MR) is 94.5 cm³/mol. The summed E-state index contributed by atoms with van der Waals surface area (Å²) in [6.45, 7) is -0.00870. The van der Waals surface area contributed by atoms with Crippen molar-refractivity contribution in [3.63, 3.8) is 0 Å². The third-order valence-corrected chi connectivity index (χ3v) is 4.71. The molecule has 130 valence electrons. The van der Waals surface area contributed by atoms with Gasteiger partial charge in [0.25, 0.3) is 0 Å². The second kappa shape index (κ2) is 6.78. The fourth-order valence-electron chi connectivity index (χ4n) is 3.28. The molecular formula is C18H21N5O2. The van der Waals surface area contributed by atoms with Gasteiger partial charge in [-0.3, -0.25) is 0 Å². The molecule has 1 aromatic carbocycles. The van der Waals surface area contributed by atoms with Crippen LogP contribution in [0, 0.1) is 0 Å². The van der Waals surface area contributed by atoms with Crippen molar-refractivity contribution >= 4 is 16.9 Å². The maximum atomic E-state index is 9.62. The van der Waals surface area contributed by atoms with Crippen LogP contribution in [-0.2, 0) is 6.61 Å². The van der Waals surface area contributed by atoms with E-state index in [2.05, 4.69) is 20.4 Å². The number of rotatable bonds is 4. The van der Waals surface area contributed by atoms with Crippen molar-refractivity contribution in [2.75, 3.05) is 5.32 Å². The molecule has 1 aliphatic carbocycles. The summed E-state index contributed by atoms with van der Waals surface area (Å²) < 4.78 is 1.76. The molecule has 0 unspecified atom stereocenters. The number of anilines is 1. The van der Waals surface area contributed by atoms with Crippen LogP contribution in [0.15, 0.2) is 36.7 Å². The Morgan fingerprint density at radius 1 is 1.16 bits per heavy atom. The normalized spacial score (nSPS) is 20.7. The third kappa shape index (κ3) is 3.33. The molecule has 0 spiro atoms. The molecule has 0 aliphatic heterocycles. The van der Waals surface area contributed by atoms with Gasteiger partial charge in [-0.25, -0.2) is 9.67 Å². The molecule has 1 fully saturated rings. The first-order valence-corrected chi connectivity index (χ1v) is 8.58. The SMILES string of the molecule is OCc1ccc2cnn(-c3ccnc(N[C@H]4CC[C@H](O)CC4)n3)c2c1. The minimum Gasteiger partial charge on any atom is -0.393 e. The molecule has 0 bridgehead atoms. The maximum Gasteiger partial charge on any atom is 0.224 e. The maximum absolute atomic E-state index is 9.62. The van der Waals surface area contributed by atoms with Gasteiger partial charge in [-0.2, -0.15) is 10.1 Å². The Hall–Kier alpha value is -2.51. The van der Waals surface area contributed by atoms with E-state index in [-0.39, 0.29) is 18.8 Å². The van der Waals surface area contributed by atoms with Crippen LogP contribution in [0.4, 0.5) is 5.95 Å². The highest BCUT2D eigenvalue weighted by Gasteiger charge is 2.20. The average Bonchev–Trinajstić information content (AvgIpc) is 3.07. The van der Waals surface area contributed by atoms with Crippen LogP contribution in [0.1, 0.15) is 31.2 Å². The molecule has 2 aromatic heterocycles. The van der Waals surface area contributed by atoms with Gasteiger partial charge in [-0.05, 0) is 37.3 Å². The topological polar surface area (TPSA) is 96.1 Å². The van der Waals surface area contributed by atoms with Gasteiger partial charge >= 0.3 is 0 Å². The minimum atomic E-state index is -0.179. The molecule has 7 heteroatoms. The lowest BCUT2D eigenvalue weighted by molar-refractivity contribution is 0.126. The van der Waals surface area contributed by atoms with E-state index >= 15 is 0 Å². The van der Waals surface area contributed by atoms with Crippen LogP contribution < -0.4 is 5.32 Å². The first kappa shape index (κ1) is 16.0. The van der Waals surface area contributed by atoms with E-state index in [0.29, 0.717) is 11.8 Å². The van der Waals surface area contributed by atoms with Gasteiger partial charge in [0.15, 0.2) is 5.82 Å². The third-order valence-electron chi connectivity index (χ3n) is 4.71. The monoisotopic (exact) mass is 339 g/mol. The van der Waals surface area contributed by atoms with E-state index in [4.69, 9.17) is 0 Å². The van der Waals surface area contributed by atoms with Crippen molar-refractivity contribution in [3.05, 3.63) is 42.2 Å². The lowest BCUT2D eigenvalue weighted by Gasteiger charge is -2.26. The Bertz CT molecular complexity index is 871. The molecule has 7 nitrogen and oxygen atoms in total. The van der Waals surface area contributed by atoms with Crippen LogP contribution >= 0.6 is 0 Å². The molecule has 2 heterocycles. The van der Waals surface area contributed by atoms with Crippen molar-refractivity contribution in [1.29, 1.82) is 0 Å². The van der Waals surface area contributed by atoms with Gasteiger partial charge < -0.3 is 15.5 Å². The number of aliphatic hydroxyl groups is 2. The van der Waals surface area contributed by atoms with Crippen LogP contribution in [0.3, 0.4) is 0 Å².